The van der Waals surface area contributed by atoms with Crippen molar-refractivity contribution in [3.8, 4) is 5.75 Å². The fourth-order valence-electron chi connectivity index (χ4n) is 2.00. The van der Waals surface area contributed by atoms with Gasteiger partial charge in [-0.05, 0) is 42.0 Å². The van der Waals surface area contributed by atoms with E-state index in [2.05, 4.69) is 4.74 Å². The van der Waals surface area contributed by atoms with Crippen LogP contribution < -0.4 is 4.90 Å². The Labute approximate surface area is 122 Å². The number of aromatic hydroxyl groups is 1. The number of esters is 1. The summed E-state index contributed by atoms with van der Waals surface area (Å²) in [4.78, 5) is 13.2. The van der Waals surface area contributed by atoms with Gasteiger partial charge < -0.3 is 14.7 Å². The molecule has 0 radical (unpaired) electrons. The molecule has 0 saturated heterocycles. The first-order valence-electron chi connectivity index (χ1n) is 6.38. The summed E-state index contributed by atoms with van der Waals surface area (Å²) in [6.45, 7) is 0.475. The lowest BCUT2D eigenvalue weighted by Crippen LogP contribution is -2.16. The van der Waals surface area contributed by atoms with Crippen LogP contribution >= 0.6 is 0 Å². The van der Waals surface area contributed by atoms with Gasteiger partial charge >= 0.3 is 5.97 Å². The molecule has 0 aromatic heterocycles. The summed E-state index contributed by atoms with van der Waals surface area (Å²) in [6, 6.07) is 11.2. The highest BCUT2D eigenvalue weighted by atomic mass is 19.1. The summed E-state index contributed by atoms with van der Waals surface area (Å²) in [5.74, 6) is -1.09. The third-order valence-electron chi connectivity index (χ3n) is 3.15. The number of anilines is 1. The van der Waals surface area contributed by atoms with Gasteiger partial charge in [0.25, 0.3) is 0 Å². The van der Waals surface area contributed by atoms with Crippen LogP contribution in [0.15, 0.2) is 42.5 Å². The van der Waals surface area contributed by atoms with Crippen molar-refractivity contribution in [3.63, 3.8) is 0 Å². The average Bonchev–Trinajstić information content (AvgIpc) is 2.47. The van der Waals surface area contributed by atoms with Crippen LogP contribution in [0.5, 0.6) is 5.75 Å². The Kier molecular flexibility index (Phi) is 4.42. The monoisotopic (exact) mass is 289 g/mol. The Morgan fingerprint density at radius 3 is 2.48 bits per heavy atom. The smallest absolute Gasteiger partial charge is 0.340 e. The molecule has 0 aliphatic rings. The zero-order valence-corrected chi connectivity index (χ0v) is 11.8. The minimum absolute atomic E-state index is 0.0754. The molecule has 0 atom stereocenters. The second-order valence-corrected chi connectivity index (χ2v) is 4.68. The summed E-state index contributed by atoms with van der Waals surface area (Å²) in [5, 5.41) is 9.26. The maximum absolute atomic E-state index is 13.8. The molecular weight excluding hydrogens is 273 g/mol. The van der Waals surface area contributed by atoms with Crippen molar-refractivity contribution < 1.29 is 19.0 Å². The molecule has 0 saturated carbocycles. The number of rotatable bonds is 4. The second kappa shape index (κ2) is 6.26. The van der Waals surface area contributed by atoms with E-state index in [0.717, 1.165) is 11.3 Å². The first-order valence-corrected chi connectivity index (χ1v) is 6.38. The van der Waals surface area contributed by atoms with Gasteiger partial charge in [-0.25, -0.2) is 9.18 Å². The van der Waals surface area contributed by atoms with Crippen LogP contribution in [0.1, 0.15) is 15.9 Å². The zero-order valence-electron chi connectivity index (χ0n) is 11.8. The standard InChI is InChI=1S/C16H16FNO3/c1-18(12-4-6-13(19)7-5-12)10-11-3-8-14(15(17)9-11)16(20)21-2/h3-9,19H,10H2,1-2H3. The highest BCUT2D eigenvalue weighted by molar-refractivity contribution is 5.89. The number of methoxy groups -OCH3 is 1. The van der Waals surface area contributed by atoms with Gasteiger partial charge in [0.2, 0.25) is 0 Å². The van der Waals surface area contributed by atoms with E-state index >= 15 is 0 Å². The molecule has 110 valence electrons. The van der Waals surface area contributed by atoms with Crippen molar-refractivity contribution in [2.24, 2.45) is 0 Å². The van der Waals surface area contributed by atoms with E-state index < -0.39 is 11.8 Å². The van der Waals surface area contributed by atoms with Crippen LogP contribution in [0.2, 0.25) is 0 Å². The third-order valence-corrected chi connectivity index (χ3v) is 3.15. The van der Waals surface area contributed by atoms with Crippen molar-refractivity contribution in [2.75, 3.05) is 19.1 Å². The van der Waals surface area contributed by atoms with Gasteiger partial charge in [-0.1, -0.05) is 6.07 Å². The van der Waals surface area contributed by atoms with Crippen LogP contribution in [0.25, 0.3) is 0 Å². The molecule has 2 aromatic rings. The fraction of sp³-hybridized carbons (Fsp3) is 0.188. The van der Waals surface area contributed by atoms with Crippen molar-refractivity contribution in [2.45, 2.75) is 6.54 Å². The first kappa shape index (κ1) is 14.8. The number of hydrogen-bond donors (Lipinski definition) is 1. The van der Waals surface area contributed by atoms with E-state index in [9.17, 15) is 14.3 Å². The number of phenolic OH excluding ortho intramolecular Hbond substituents is 1. The summed E-state index contributed by atoms with van der Waals surface area (Å²) in [6.07, 6.45) is 0. The van der Waals surface area contributed by atoms with Crippen LogP contribution in [0.3, 0.4) is 0 Å². The zero-order chi connectivity index (χ0) is 15.4. The lowest BCUT2D eigenvalue weighted by atomic mass is 10.1. The Hall–Kier alpha value is -2.56. The van der Waals surface area contributed by atoms with Crippen LogP contribution in [-0.2, 0) is 11.3 Å². The van der Waals surface area contributed by atoms with Gasteiger partial charge in [-0.3, -0.25) is 0 Å². The molecular formula is C16H16FNO3. The van der Waals surface area contributed by atoms with Gasteiger partial charge in [-0.2, -0.15) is 0 Å². The topological polar surface area (TPSA) is 49.8 Å². The molecule has 5 heteroatoms. The fourth-order valence-corrected chi connectivity index (χ4v) is 2.00. The van der Waals surface area contributed by atoms with Gasteiger partial charge in [0.05, 0.1) is 12.7 Å². The lowest BCUT2D eigenvalue weighted by molar-refractivity contribution is 0.0595. The summed E-state index contributed by atoms with van der Waals surface area (Å²) in [7, 11) is 3.08. The van der Waals surface area contributed by atoms with E-state index in [0.29, 0.717) is 6.54 Å². The largest absolute Gasteiger partial charge is 0.508 e. The van der Waals surface area contributed by atoms with Gasteiger partial charge in [0.15, 0.2) is 0 Å². The number of phenols is 1. The Morgan fingerprint density at radius 2 is 1.90 bits per heavy atom. The first-order chi connectivity index (χ1) is 10.0. The van der Waals surface area contributed by atoms with E-state index in [1.807, 2.05) is 11.9 Å². The molecule has 4 nitrogen and oxygen atoms in total. The molecule has 0 heterocycles. The number of carbonyl (C=O) groups is 1. The second-order valence-electron chi connectivity index (χ2n) is 4.68. The predicted molar refractivity (Wildman–Crippen MR) is 78.0 cm³/mol. The van der Waals surface area contributed by atoms with Crippen molar-refractivity contribution in [1.82, 2.24) is 0 Å². The molecule has 21 heavy (non-hydrogen) atoms. The van der Waals surface area contributed by atoms with Gasteiger partial charge in [0, 0.05) is 19.3 Å². The number of nitrogens with zero attached hydrogens (tertiary/aromatic N) is 1. The molecule has 2 rings (SSSR count). The number of benzene rings is 2. The molecule has 0 aliphatic heterocycles. The van der Waals surface area contributed by atoms with Crippen LogP contribution in [0, 0.1) is 5.82 Å². The molecule has 0 amide bonds. The summed E-state index contributed by atoms with van der Waals surface area (Å²) < 4.78 is 18.3. The van der Waals surface area contributed by atoms with Gasteiger partial charge in [-0.15, -0.1) is 0 Å². The number of ether oxygens (including phenoxy) is 1. The SMILES string of the molecule is COC(=O)c1ccc(CN(C)c2ccc(O)cc2)cc1F. The minimum atomic E-state index is -0.689. The van der Waals surface area contributed by atoms with E-state index in [4.69, 9.17) is 0 Å². The molecule has 1 N–H and O–H groups in total. The normalized spacial score (nSPS) is 10.2. The van der Waals surface area contributed by atoms with Crippen molar-refractivity contribution >= 4 is 11.7 Å². The molecule has 0 fully saturated rings. The Bertz CT molecular complexity index is 640. The predicted octanol–water partition coefficient (Wildman–Crippen LogP) is 2.95. The molecule has 0 spiro atoms. The van der Waals surface area contributed by atoms with E-state index in [-0.39, 0.29) is 11.3 Å². The van der Waals surface area contributed by atoms with E-state index in [1.54, 1.807) is 30.3 Å². The molecule has 2 aromatic carbocycles. The Morgan fingerprint density at radius 1 is 1.24 bits per heavy atom. The number of halogens is 1. The summed E-state index contributed by atoms with van der Waals surface area (Å²) >= 11 is 0. The highest BCUT2D eigenvalue weighted by Crippen LogP contribution is 2.20. The number of carbonyl (C=O) groups excluding carboxylic acids is 1. The maximum atomic E-state index is 13.8. The molecule has 0 aliphatic carbocycles. The quantitative estimate of drug-likeness (QED) is 0.879. The van der Waals surface area contributed by atoms with Gasteiger partial charge in [0.1, 0.15) is 11.6 Å². The minimum Gasteiger partial charge on any atom is -0.508 e. The Balaban J connectivity index is 2.14. The van der Waals surface area contributed by atoms with Crippen LogP contribution in [0.4, 0.5) is 10.1 Å². The lowest BCUT2D eigenvalue weighted by Gasteiger charge is -2.19. The van der Waals surface area contributed by atoms with Crippen LogP contribution in [-0.4, -0.2) is 25.2 Å². The number of hydrogen-bond acceptors (Lipinski definition) is 4. The van der Waals surface area contributed by atoms with E-state index in [1.165, 1.54) is 19.2 Å². The highest BCUT2D eigenvalue weighted by Gasteiger charge is 2.13. The average molecular weight is 289 g/mol. The van der Waals surface area contributed by atoms with Crippen molar-refractivity contribution in [1.29, 1.82) is 0 Å². The third kappa shape index (κ3) is 3.51. The molecule has 0 bridgehead atoms. The molecule has 0 unspecified atom stereocenters. The maximum Gasteiger partial charge on any atom is 0.340 e. The summed E-state index contributed by atoms with van der Waals surface area (Å²) in [5.41, 5.74) is 1.55. The van der Waals surface area contributed by atoms with Crippen molar-refractivity contribution in [3.05, 3.63) is 59.4 Å².